The van der Waals surface area contributed by atoms with Crippen LogP contribution in [0.1, 0.15) is 5.56 Å². The Morgan fingerprint density at radius 2 is 1.25 bits per heavy atom. The molecule has 4 rings (SSSR count). The van der Waals surface area contributed by atoms with Gasteiger partial charge in [0.1, 0.15) is 7.85 Å². The molecule has 4 aromatic carbocycles. The lowest BCUT2D eigenvalue weighted by atomic mass is 9.92. The summed E-state index contributed by atoms with van der Waals surface area (Å²) in [5.41, 5.74) is 1.40. The molecule has 20 heavy (non-hydrogen) atoms. The Balaban J connectivity index is 2.17. The van der Waals surface area contributed by atoms with E-state index in [1.54, 1.807) is 0 Å². The van der Waals surface area contributed by atoms with Gasteiger partial charge in [-0.05, 0) is 32.3 Å². The quantitative estimate of drug-likeness (QED) is 0.351. The number of benzene rings is 4. The van der Waals surface area contributed by atoms with Crippen LogP contribution in [0.4, 0.5) is 0 Å². The molecule has 94 valence electrons. The molecule has 0 N–H and O–H groups in total. The lowest BCUT2D eigenvalue weighted by Crippen LogP contribution is -1.85. The van der Waals surface area contributed by atoms with Gasteiger partial charge in [0.15, 0.2) is 0 Å². The molecule has 0 aliphatic heterocycles. The summed E-state index contributed by atoms with van der Waals surface area (Å²) < 4.78 is 0. The molecule has 0 nitrogen and oxygen atoms in total. The Kier molecular flexibility index (Phi) is 2.53. The SMILES string of the molecule is BCc1ccc2c(ccc3c4ccccc4ccc23)c1. The van der Waals surface area contributed by atoms with E-state index >= 15 is 0 Å². The van der Waals surface area contributed by atoms with Crippen molar-refractivity contribution < 1.29 is 0 Å². The largest absolute Gasteiger partial charge is 0.107 e. The minimum atomic E-state index is 1.09. The first-order valence-corrected chi connectivity index (χ1v) is 7.20. The highest BCUT2D eigenvalue weighted by molar-refractivity contribution is 6.17. The van der Waals surface area contributed by atoms with Crippen molar-refractivity contribution in [1.82, 2.24) is 0 Å². The summed E-state index contributed by atoms with van der Waals surface area (Å²) in [4.78, 5) is 0. The maximum atomic E-state index is 2.31. The summed E-state index contributed by atoms with van der Waals surface area (Å²) in [6.45, 7) is 0. The Hall–Kier alpha value is -2.28. The van der Waals surface area contributed by atoms with Crippen LogP contribution >= 0.6 is 0 Å². The second-order valence-electron chi connectivity index (χ2n) is 5.36. The molecule has 0 atom stereocenters. The Morgan fingerprint density at radius 3 is 2.05 bits per heavy atom. The molecule has 0 fully saturated rings. The monoisotopic (exact) mass is 254 g/mol. The number of hydrogen-bond donors (Lipinski definition) is 0. The van der Waals surface area contributed by atoms with Crippen LogP contribution < -0.4 is 0 Å². The minimum Gasteiger partial charge on any atom is -0.0616 e. The van der Waals surface area contributed by atoms with Crippen LogP contribution in [0.3, 0.4) is 0 Å². The van der Waals surface area contributed by atoms with Gasteiger partial charge in [0, 0.05) is 0 Å². The van der Waals surface area contributed by atoms with Crippen LogP contribution in [0.25, 0.3) is 32.3 Å². The highest BCUT2D eigenvalue weighted by Crippen LogP contribution is 2.31. The third-order valence-corrected chi connectivity index (χ3v) is 4.21. The topological polar surface area (TPSA) is 0 Å². The number of fused-ring (bicyclic) bond motifs is 5. The maximum absolute atomic E-state index is 2.31. The van der Waals surface area contributed by atoms with Crippen LogP contribution in [0.5, 0.6) is 0 Å². The van der Waals surface area contributed by atoms with Gasteiger partial charge in [-0.2, -0.15) is 0 Å². The molecule has 0 amide bonds. The second-order valence-corrected chi connectivity index (χ2v) is 5.36. The molecule has 0 radical (unpaired) electrons. The zero-order valence-electron chi connectivity index (χ0n) is 11.6. The van der Waals surface area contributed by atoms with Gasteiger partial charge in [-0.25, -0.2) is 0 Å². The molecule has 1 heteroatoms. The van der Waals surface area contributed by atoms with Crippen molar-refractivity contribution in [2.24, 2.45) is 0 Å². The third kappa shape index (κ3) is 1.63. The summed E-state index contributed by atoms with van der Waals surface area (Å²) in [7, 11) is 2.20. The van der Waals surface area contributed by atoms with Crippen molar-refractivity contribution in [2.75, 3.05) is 0 Å². The zero-order valence-corrected chi connectivity index (χ0v) is 11.6. The van der Waals surface area contributed by atoms with Gasteiger partial charge >= 0.3 is 0 Å². The molecule has 0 aromatic heterocycles. The van der Waals surface area contributed by atoms with Crippen molar-refractivity contribution in [3.8, 4) is 0 Å². The molecule has 0 saturated carbocycles. The maximum Gasteiger partial charge on any atom is 0.107 e. The van der Waals surface area contributed by atoms with Gasteiger partial charge in [-0.1, -0.05) is 78.6 Å². The van der Waals surface area contributed by atoms with E-state index in [4.69, 9.17) is 0 Å². The average Bonchev–Trinajstić information content (AvgIpc) is 2.53. The van der Waals surface area contributed by atoms with Crippen LogP contribution in [0.2, 0.25) is 0 Å². The molecule has 0 spiro atoms. The predicted molar refractivity (Wildman–Crippen MR) is 91.2 cm³/mol. The molecule has 0 saturated heterocycles. The Morgan fingerprint density at radius 1 is 0.600 bits per heavy atom. The van der Waals surface area contributed by atoms with E-state index in [-0.39, 0.29) is 0 Å². The first kappa shape index (κ1) is 11.5. The average molecular weight is 254 g/mol. The van der Waals surface area contributed by atoms with E-state index in [9.17, 15) is 0 Å². The van der Waals surface area contributed by atoms with Gasteiger partial charge in [0.05, 0.1) is 0 Å². The van der Waals surface area contributed by atoms with E-state index in [0.29, 0.717) is 0 Å². The molecule has 0 aliphatic rings. The van der Waals surface area contributed by atoms with Crippen molar-refractivity contribution in [2.45, 2.75) is 6.32 Å². The Bertz CT molecular complexity index is 938. The number of rotatable bonds is 1. The normalized spacial score (nSPS) is 11.4. The van der Waals surface area contributed by atoms with Crippen LogP contribution in [0.15, 0.2) is 66.7 Å². The fourth-order valence-corrected chi connectivity index (χ4v) is 3.10. The highest BCUT2D eigenvalue weighted by atomic mass is 14.1. The molecule has 0 unspecified atom stereocenters. The van der Waals surface area contributed by atoms with E-state index in [2.05, 4.69) is 74.6 Å². The summed E-state index contributed by atoms with van der Waals surface area (Å²) in [5.74, 6) is 0. The van der Waals surface area contributed by atoms with E-state index in [1.807, 2.05) is 0 Å². The van der Waals surface area contributed by atoms with Crippen molar-refractivity contribution in [3.05, 3.63) is 72.3 Å². The molecule has 4 aromatic rings. The Labute approximate surface area is 119 Å². The zero-order chi connectivity index (χ0) is 13.5. The van der Waals surface area contributed by atoms with Gasteiger partial charge in [0.25, 0.3) is 0 Å². The van der Waals surface area contributed by atoms with E-state index in [1.165, 1.54) is 37.9 Å². The number of hydrogen-bond acceptors (Lipinski definition) is 0. The molecule has 0 aliphatic carbocycles. The predicted octanol–water partition coefficient (Wildman–Crippen LogP) is 4.28. The second kappa shape index (κ2) is 4.38. The molecular weight excluding hydrogens is 239 g/mol. The minimum absolute atomic E-state index is 1.09. The first-order chi connectivity index (χ1) is 9.86. The summed E-state index contributed by atoms with van der Waals surface area (Å²) in [6.07, 6.45) is 1.09. The highest BCUT2D eigenvalue weighted by Gasteiger charge is 2.04. The fourth-order valence-electron chi connectivity index (χ4n) is 3.10. The van der Waals surface area contributed by atoms with Crippen LogP contribution in [0, 0.1) is 0 Å². The summed E-state index contributed by atoms with van der Waals surface area (Å²) in [5, 5.41) is 8.04. The van der Waals surface area contributed by atoms with Gasteiger partial charge in [-0.15, -0.1) is 0 Å². The van der Waals surface area contributed by atoms with Crippen molar-refractivity contribution in [3.63, 3.8) is 0 Å². The third-order valence-electron chi connectivity index (χ3n) is 4.21. The van der Waals surface area contributed by atoms with E-state index < -0.39 is 0 Å². The summed E-state index contributed by atoms with van der Waals surface area (Å²) >= 11 is 0. The summed E-state index contributed by atoms with van der Waals surface area (Å²) in [6, 6.07) is 24.4. The molecule has 0 bridgehead atoms. The van der Waals surface area contributed by atoms with Crippen molar-refractivity contribution >= 4 is 40.2 Å². The van der Waals surface area contributed by atoms with Crippen molar-refractivity contribution in [1.29, 1.82) is 0 Å². The van der Waals surface area contributed by atoms with Gasteiger partial charge in [0.2, 0.25) is 0 Å². The standard InChI is InChI=1S/C19H15B/c20-12-13-5-8-17-15(11-13)7-10-18-16-4-2-1-3-14(16)6-9-19(17)18/h1-11H,12,20H2. The smallest absolute Gasteiger partial charge is 0.0616 e. The van der Waals surface area contributed by atoms with Crippen LogP contribution in [-0.2, 0) is 6.32 Å². The molecular formula is C19H15B. The van der Waals surface area contributed by atoms with Gasteiger partial charge < -0.3 is 0 Å². The lowest BCUT2D eigenvalue weighted by Gasteiger charge is -2.08. The lowest BCUT2D eigenvalue weighted by molar-refractivity contribution is 1.43. The first-order valence-electron chi connectivity index (χ1n) is 7.20. The molecule has 0 heterocycles. The fraction of sp³-hybridized carbons (Fsp3) is 0.0526. The van der Waals surface area contributed by atoms with E-state index in [0.717, 1.165) is 6.32 Å². The van der Waals surface area contributed by atoms with Gasteiger partial charge in [-0.3, -0.25) is 0 Å². The van der Waals surface area contributed by atoms with Crippen LogP contribution in [-0.4, -0.2) is 7.85 Å².